The topological polar surface area (TPSA) is 98.7 Å². The summed E-state index contributed by atoms with van der Waals surface area (Å²) in [5.41, 5.74) is 5.86. The van der Waals surface area contributed by atoms with Gasteiger partial charge >= 0.3 is 0 Å². The second-order valence-electron chi connectivity index (χ2n) is 18.9. The van der Waals surface area contributed by atoms with Crippen LogP contribution in [0.4, 0.5) is 22.7 Å². The van der Waals surface area contributed by atoms with Crippen LogP contribution >= 0.6 is 7.55 Å². The van der Waals surface area contributed by atoms with Crippen LogP contribution in [0.5, 0.6) is 0 Å². The first-order valence-electron chi connectivity index (χ1n) is 23.1. The van der Waals surface area contributed by atoms with Gasteiger partial charge in [-0.05, 0) is 87.6 Å². The van der Waals surface area contributed by atoms with E-state index >= 15 is 4.79 Å². The highest BCUT2D eigenvalue weighted by molar-refractivity contribution is 7.59. The van der Waals surface area contributed by atoms with E-state index in [0.717, 1.165) is 61.0 Å². The van der Waals surface area contributed by atoms with E-state index in [9.17, 15) is 14.7 Å². The number of unbranched alkanes of at least 4 members (excludes halogenated alkanes) is 2. The number of benzene rings is 4. The van der Waals surface area contributed by atoms with Gasteiger partial charge in [0, 0.05) is 62.5 Å². The Morgan fingerprint density at radius 1 is 0.726 bits per heavy atom. The minimum Gasteiger partial charge on any atom is -0.506 e. The van der Waals surface area contributed by atoms with Gasteiger partial charge in [-0.1, -0.05) is 117 Å². The summed E-state index contributed by atoms with van der Waals surface area (Å²) >= 11 is 0. The second kappa shape index (κ2) is 18.0. The fourth-order valence-corrected chi connectivity index (χ4v) is 13.3. The molecule has 0 spiro atoms. The van der Waals surface area contributed by atoms with E-state index in [1.165, 1.54) is 10.2 Å². The number of aliphatic hydroxyl groups excluding tert-OH is 1. The molecule has 5 unspecified atom stereocenters. The number of nitrogens with one attached hydrogen (secondary N) is 2. The molecular formula is C54H67N3O4P+. The van der Waals surface area contributed by atoms with Gasteiger partial charge in [-0.2, -0.15) is 0 Å². The minimum atomic E-state index is -0.785. The number of carbonyl (C=O) groups is 3. The highest BCUT2D eigenvalue weighted by Gasteiger charge is 2.49. The van der Waals surface area contributed by atoms with Gasteiger partial charge in [0.05, 0.1) is 22.5 Å². The summed E-state index contributed by atoms with van der Waals surface area (Å²) in [7, 11) is -0.785. The van der Waals surface area contributed by atoms with Crippen LogP contribution in [0.3, 0.4) is 0 Å². The first-order valence-corrected chi connectivity index (χ1v) is 24.6. The maximum absolute atomic E-state index is 15.0. The van der Waals surface area contributed by atoms with Crippen LogP contribution in [0, 0.1) is 16.8 Å². The number of fused-ring (bicyclic) bond motifs is 2. The van der Waals surface area contributed by atoms with E-state index in [1.807, 2.05) is 50.2 Å². The molecule has 5 atom stereocenters. The van der Waals surface area contributed by atoms with Crippen LogP contribution in [0.1, 0.15) is 137 Å². The van der Waals surface area contributed by atoms with E-state index < -0.39 is 7.55 Å². The Balaban J connectivity index is 1.47. The third-order valence-corrected chi connectivity index (χ3v) is 17.8. The molecule has 0 saturated carbocycles. The van der Waals surface area contributed by atoms with Gasteiger partial charge in [0.2, 0.25) is 17.6 Å². The molecule has 0 aromatic heterocycles. The van der Waals surface area contributed by atoms with Gasteiger partial charge in [0.1, 0.15) is 24.3 Å². The molecule has 0 bridgehead atoms. The maximum Gasteiger partial charge on any atom is 0.227 e. The zero-order valence-electron chi connectivity index (χ0n) is 38.6. The molecule has 4 aromatic rings. The summed E-state index contributed by atoms with van der Waals surface area (Å²) < 4.78 is 0. The number of carbonyl (C=O) groups excluding carboxylic acids is 3. The van der Waals surface area contributed by atoms with Crippen LogP contribution in [0.25, 0.3) is 11.1 Å². The van der Waals surface area contributed by atoms with Crippen molar-refractivity contribution in [1.29, 1.82) is 0 Å². The van der Waals surface area contributed by atoms with Gasteiger partial charge in [0.15, 0.2) is 4.94 Å². The zero-order chi connectivity index (χ0) is 44.7. The number of para-hydroxylation sites is 1. The van der Waals surface area contributed by atoms with Gasteiger partial charge in [-0.15, -0.1) is 0 Å². The molecule has 3 N–H and O–H groups in total. The van der Waals surface area contributed by atoms with Gasteiger partial charge in [-0.25, -0.2) is 0 Å². The summed E-state index contributed by atoms with van der Waals surface area (Å²) in [6.45, 7) is 21.8. The van der Waals surface area contributed by atoms with Crippen molar-refractivity contribution in [3.8, 4) is 0 Å². The van der Waals surface area contributed by atoms with Crippen LogP contribution in [0.2, 0.25) is 0 Å². The van der Waals surface area contributed by atoms with Gasteiger partial charge in [-0.3, -0.25) is 14.4 Å². The van der Waals surface area contributed by atoms with Gasteiger partial charge in [0.25, 0.3) is 0 Å². The summed E-state index contributed by atoms with van der Waals surface area (Å²) in [5, 5.41) is 20.8. The van der Waals surface area contributed by atoms with Gasteiger partial charge < -0.3 is 20.6 Å². The third kappa shape index (κ3) is 7.84. The Morgan fingerprint density at radius 3 is 1.84 bits per heavy atom. The summed E-state index contributed by atoms with van der Waals surface area (Å²) in [5.74, 6) is -0.932. The number of hydrogen-bond acceptors (Lipinski definition) is 5. The lowest BCUT2D eigenvalue weighted by Gasteiger charge is -2.31. The van der Waals surface area contributed by atoms with Crippen molar-refractivity contribution in [2.75, 3.05) is 15.5 Å². The van der Waals surface area contributed by atoms with Crippen molar-refractivity contribution in [1.82, 2.24) is 0 Å². The first kappa shape index (κ1) is 45.0. The van der Waals surface area contributed by atoms with E-state index in [-0.39, 0.29) is 68.9 Å². The average Bonchev–Trinajstić information content (AvgIpc) is 3.57. The molecule has 2 aliphatic heterocycles. The zero-order valence-corrected chi connectivity index (χ0v) is 39.5. The normalized spacial score (nSPS) is 21.0. The van der Waals surface area contributed by atoms with Crippen molar-refractivity contribution in [2.24, 2.45) is 11.8 Å². The minimum absolute atomic E-state index is 0.0578. The fourth-order valence-electron chi connectivity index (χ4n) is 9.96. The largest absolute Gasteiger partial charge is 0.506 e. The van der Waals surface area contributed by atoms with E-state index in [0.29, 0.717) is 35.0 Å². The van der Waals surface area contributed by atoms with E-state index in [2.05, 4.69) is 119 Å². The Labute approximate surface area is 370 Å². The van der Waals surface area contributed by atoms with E-state index in [1.54, 1.807) is 0 Å². The van der Waals surface area contributed by atoms with Crippen LogP contribution in [-0.4, -0.2) is 34.4 Å². The molecule has 326 valence electrons. The summed E-state index contributed by atoms with van der Waals surface area (Å²) in [6.07, 6.45) is 6.85. The number of amides is 2. The maximum atomic E-state index is 15.0. The number of Topliss-reactive ketones (excluding diaryl/α,β-unsaturated/α-hetero) is 1. The van der Waals surface area contributed by atoms with E-state index in [4.69, 9.17) is 0 Å². The Kier molecular flexibility index (Phi) is 13.1. The average molecular weight is 853 g/mol. The number of aliphatic hydroxyl groups is 1. The number of ketones is 1. The number of rotatable bonds is 15. The molecule has 2 heterocycles. The third-order valence-electron chi connectivity index (χ3n) is 14.6. The smallest absolute Gasteiger partial charge is 0.227 e. The van der Waals surface area contributed by atoms with Crippen molar-refractivity contribution >= 4 is 64.3 Å². The predicted octanol–water partition coefficient (Wildman–Crippen LogP) is 12.3. The summed E-state index contributed by atoms with van der Waals surface area (Å²) in [4.78, 5) is 46.8. The second-order valence-corrected chi connectivity index (χ2v) is 21.5. The number of anilines is 4. The van der Waals surface area contributed by atoms with Crippen molar-refractivity contribution in [3.63, 3.8) is 0 Å². The van der Waals surface area contributed by atoms with Crippen LogP contribution in [0.15, 0.2) is 90.7 Å². The monoisotopic (exact) mass is 852 g/mol. The van der Waals surface area contributed by atoms with Crippen LogP contribution < -0.4 is 26.1 Å². The molecule has 7 rings (SSSR count). The lowest BCUT2D eigenvalue weighted by molar-refractivity contribution is -0.121. The molecule has 4 aromatic carbocycles. The summed E-state index contributed by atoms with van der Waals surface area (Å²) in [6, 6.07) is 29.2. The standard InChI is InChI=1S/C54H66N3O4P/c1-11-15-23-35(13-3)51(60)55-43-31-45-41(53(7,8)33(5)57(45)37-25-19-17-20-26-37)29-39(43)47-49(58)48(50(47)59)40-30-42-46(32-44(40)56-52(61)36(14-4)24-16-12-2)62(34(6)54(42,9)10)38-27-21-18-22-28-38/h17-22,25-36H,11-16,23-24H2,1-10H3,(H2-,55,56,58,59,60,61)/p+1. The highest BCUT2D eigenvalue weighted by Crippen LogP contribution is 2.54. The molecule has 62 heavy (non-hydrogen) atoms. The Bertz CT molecular complexity index is 2540. The van der Waals surface area contributed by atoms with Crippen LogP contribution in [-0.2, 0) is 25.2 Å². The number of allylic oxidation sites excluding steroid dienone is 2. The lowest BCUT2D eigenvalue weighted by Crippen LogP contribution is -2.36. The van der Waals surface area contributed by atoms with Crippen molar-refractivity contribution in [3.05, 3.63) is 118 Å². The van der Waals surface area contributed by atoms with Crippen molar-refractivity contribution < 1.29 is 19.5 Å². The lowest BCUT2D eigenvalue weighted by atomic mass is 9.76. The fraction of sp³-hybridized carbons (Fsp3) is 0.444. The Morgan fingerprint density at radius 2 is 1.29 bits per heavy atom. The highest BCUT2D eigenvalue weighted by atomic mass is 31.1. The molecule has 1 aliphatic carbocycles. The SMILES string of the molecule is CCCCC(CC)C(=O)Nc1cc2c(cc1C1=C(O)/C(=c3/cc4c(cc3NC(=O)C(CC)CCCC)=[P+](c3ccccc3)C(C)C4(C)C)C1=O)C(C)(C)C(C)N2c1ccccc1. The molecule has 0 saturated heterocycles. The first-order chi connectivity index (χ1) is 29.6. The molecule has 0 fully saturated rings. The number of hydrogen-bond donors (Lipinski definition) is 3. The molecule has 8 heteroatoms. The number of nitrogens with zero attached hydrogens (tertiary/aromatic N) is 1. The van der Waals surface area contributed by atoms with Crippen molar-refractivity contribution in [2.45, 2.75) is 143 Å². The molecule has 2 amide bonds. The molecule has 0 radical (unpaired) electrons. The molecule has 7 nitrogen and oxygen atoms in total. The predicted molar refractivity (Wildman–Crippen MR) is 260 cm³/mol. The Hall–Kier alpha value is -5.00. The molecule has 3 aliphatic rings. The molecular weight excluding hydrogens is 786 g/mol. The quantitative estimate of drug-likeness (QED) is 0.103.